The summed E-state index contributed by atoms with van der Waals surface area (Å²) in [6.45, 7) is 4.18. The molecule has 0 saturated carbocycles. The molecule has 236 valence electrons. The van der Waals surface area contributed by atoms with Crippen LogP contribution in [0.25, 0.3) is 0 Å². The zero-order valence-corrected chi connectivity index (χ0v) is 26.2. The van der Waals surface area contributed by atoms with E-state index in [0.717, 1.165) is 51.5 Å². The molecule has 7 heteroatoms. The van der Waals surface area contributed by atoms with Crippen LogP contribution in [0, 0.1) is 0 Å². The van der Waals surface area contributed by atoms with Crippen molar-refractivity contribution < 1.29 is 29.0 Å². The molecule has 0 saturated heterocycles. The number of aliphatic hydroxyl groups is 1. The first kappa shape index (κ1) is 38.4. The van der Waals surface area contributed by atoms with E-state index < -0.39 is 6.10 Å². The minimum atomic E-state index is -0.773. The first-order valence-corrected chi connectivity index (χ1v) is 16.7. The highest BCUT2D eigenvalue weighted by molar-refractivity contribution is 5.72. The van der Waals surface area contributed by atoms with Crippen molar-refractivity contribution in [2.45, 2.75) is 174 Å². The van der Waals surface area contributed by atoms with E-state index in [9.17, 15) is 19.5 Å². The summed E-state index contributed by atoms with van der Waals surface area (Å²) in [5.74, 6) is -0.554. The predicted octanol–water partition coefficient (Wildman–Crippen LogP) is 7.95. The molecule has 0 aliphatic rings. The number of amides is 1. The van der Waals surface area contributed by atoms with E-state index in [-0.39, 0.29) is 31.1 Å². The van der Waals surface area contributed by atoms with Crippen LogP contribution in [0.4, 0.5) is 0 Å². The molecule has 0 heterocycles. The number of esters is 2. The van der Waals surface area contributed by atoms with Crippen LogP contribution in [0.1, 0.15) is 168 Å². The Morgan fingerprint density at radius 3 is 1.43 bits per heavy atom. The van der Waals surface area contributed by atoms with Crippen molar-refractivity contribution in [3.05, 3.63) is 0 Å². The average Bonchev–Trinajstić information content (AvgIpc) is 2.93. The molecule has 0 fully saturated rings. The zero-order valence-electron chi connectivity index (χ0n) is 26.2. The molecule has 0 bridgehead atoms. The third kappa shape index (κ3) is 29.4. The van der Waals surface area contributed by atoms with Crippen molar-refractivity contribution in [1.29, 1.82) is 0 Å². The fourth-order valence-electron chi connectivity index (χ4n) is 4.81. The van der Waals surface area contributed by atoms with Crippen LogP contribution < -0.4 is 5.32 Å². The van der Waals surface area contributed by atoms with Crippen molar-refractivity contribution in [3.63, 3.8) is 0 Å². The third-order valence-corrected chi connectivity index (χ3v) is 7.35. The maximum absolute atomic E-state index is 12.0. The van der Waals surface area contributed by atoms with Gasteiger partial charge < -0.3 is 19.9 Å². The Morgan fingerprint density at radius 2 is 1.00 bits per heavy atom. The van der Waals surface area contributed by atoms with Crippen molar-refractivity contribution >= 4 is 17.8 Å². The Labute approximate surface area is 245 Å². The highest BCUT2D eigenvalue weighted by Gasteiger charge is 2.16. The second-order valence-corrected chi connectivity index (χ2v) is 11.4. The monoisotopic (exact) mass is 569 g/mol. The first-order chi connectivity index (χ1) is 19.5. The molecule has 2 N–H and O–H groups in total. The molecule has 0 aromatic carbocycles. The van der Waals surface area contributed by atoms with E-state index >= 15 is 0 Å². The van der Waals surface area contributed by atoms with Gasteiger partial charge in [-0.15, -0.1) is 0 Å². The molecular formula is C33H63NO6. The number of ether oxygens (including phenoxy) is 2. The number of carbonyl (C=O) groups excluding carboxylic acids is 3. The smallest absolute Gasteiger partial charge is 0.306 e. The van der Waals surface area contributed by atoms with Crippen LogP contribution in [0.5, 0.6) is 0 Å². The van der Waals surface area contributed by atoms with Gasteiger partial charge in [0.05, 0.1) is 6.61 Å². The molecule has 0 spiro atoms. The van der Waals surface area contributed by atoms with Gasteiger partial charge in [0, 0.05) is 26.3 Å². The minimum Gasteiger partial charge on any atom is -0.462 e. The second-order valence-electron chi connectivity index (χ2n) is 11.4. The van der Waals surface area contributed by atoms with E-state index in [0.29, 0.717) is 12.8 Å². The molecule has 0 aromatic heterocycles. The molecule has 40 heavy (non-hydrogen) atoms. The van der Waals surface area contributed by atoms with E-state index in [1.54, 1.807) is 6.92 Å². The summed E-state index contributed by atoms with van der Waals surface area (Å²) in [6.07, 6.45) is 26.1. The van der Waals surface area contributed by atoms with Gasteiger partial charge >= 0.3 is 11.9 Å². The fraction of sp³-hybridized carbons (Fsp3) is 0.909. The van der Waals surface area contributed by atoms with Crippen LogP contribution in [-0.2, 0) is 23.9 Å². The van der Waals surface area contributed by atoms with Gasteiger partial charge in [-0.3, -0.25) is 14.4 Å². The lowest BCUT2D eigenvalue weighted by Crippen LogP contribution is -2.28. The van der Waals surface area contributed by atoms with Crippen LogP contribution >= 0.6 is 0 Å². The third-order valence-electron chi connectivity index (χ3n) is 7.35. The van der Waals surface area contributed by atoms with E-state index in [2.05, 4.69) is 12.2 Å². The number of rotatable bonds is 30. The Hall–Kier alpha value is -1.63. The van der Waals surface area contributed by atoms with Crippen molar-refractivity contribution in [3.8, 4) is 0 Å². The maximum Gasteiger partial charge on any atom is 0.306 e. The van der Waals surface area contributed by atoms with Gasteiger partial charge in [-0.05, 0) is 19.3 Å². The highest BCUT2D eigenvalue weighted by Crippen LogP contribution is 2.14. The number of unbranched alkanes of at least 4 members (excludes halogenated alkanes) is 20. The minimum absolute atomic E-state index is 0.0602. The van der Waals surface area contributed by atoms with Gasteiger partial charge in [0.15, 0.2) is 6.10 Å². The normalized spacial score (nSPS) is 11.8. The van der Waals surface area contributed by atoms with Gasteiger partial charge in [-0.2, -0.15) is 0 Å². The lowest BCUT2D eigenvalue weighted by molar-refractivity contribution is -0.161. The average molecular weight is 570 g/mol. The SMILES string of the molecule is CCCCCCCCCCCC(=O)O[C@@H](CO)COC(=O)CCCCCCCCCCCCCCCNC(C)=O. The Balaban J connectivity index is 3.50. The highest BCUT2D eigenvalue weighted by atomic mass is 16.6. The van der Waals surface area contributed by atoms with Gasteiger partial charge in [-0.1, -0.05) is 129 Å². The molecule has 0 radical (unpaired) electrons. The van der Waals surface area contributed by atoms with Crippen LogP contribution in [-0.4, -0.2) is 48.8 Å². The molecule has 1 amide bonds. The van der Waals surface area contributed by atoms with Gasteiger partial charge in [0.1, 0.15) is 6.61 Å². The van der Waals surface area contributed by atoms with Crippen molar-refractivity contribution in [1.82, 2.24) is 5.32 Å². The number of carbonyl (C=O) groups is 3. The Kier molecular flexibility index (Phi) is 29.1. The van der Waals surface area contributed by atoms with Crippen LogP contribution in [0.3, 0.4) is 0 Å². The molecule has 0 aliphatic heterocycles. The summed E-state index contributed by atoms with van der Waals surface area (Å²) in [5.41, 5.74) is 0. The Morgan fingerprint density at radius 1 is 0.600 bits per heavy atom. The number of hydrogen-bond donors (Lipinski definition) is 2. The topological polar surface area (TPSA) is 102 Å². The van der Waals surface area contributed by atoms with Gasteiger partial charge in [0.25, 0.3) is 0 Å². The lowest BCUT2D eigenvalue weighted by atomic mass is 10.0. The first-order valence-electron chi connectivity index (χ1n) is 16.7. The summed E-state index contributed by atoms with van der Waals surface area (Å²) in [7, 11) is 0. The zero-order chi connectivity index (χ0) is 29.5. The molecule has 0 rings (SSSR count). The molecule has 0 aliphatic carbocycles. The summed E-state index contributed by atoms with van der Waals surface area (Å²) in [6, 6.07) is 0. The standard InChI is InChI=1S/C33H63NO6/c1-3-4-5-6-7-13-17-20-23-26-33(38)40-31(28-35)29-39-32(37)25-22-19-16-14-11-9-8-10-12-15-18-21-24-27-34-30(2)36/h31,35H,3-29H2,1-2H3,(H,34,36)/t31-/m0/s1. The van der Waals surface area contributed by atoms with Crippen molar-refractivity contribution in [2.24, 2.45) is 0 Å². The van der Waals surface area contributed by atoms with E-state index in [1.165, 1.54) is 96.3 Å². The number of nitrogens with one attached hydrogen (secondary N) is 1. The van der Waals surface area contributed by atoms with E-state index in [4.69, 9.17) is 9.47 Å². The van der Waals surface area contributed by atoms with Crippen molar-refractivity contribution in [2.75, 3.05) is 19.8 Å². The number of hydrogen-bond acceptors (Lipinski definition) is 6. The summed E-state index contributed by atoms with van der Waals surface area (Å²) in [5, 5.41) is 12.3. The number of aliphatic hydroxyl groups excluding tert-OH is 1. The van der Waals surface area contributed by atoms with Crippen LogP contribution in [0.2, 0.25) is 0 Å². The largest absolute Gasteiger partial charge is 0.462 e. The fourth-order valence-corrected chi connectivity index (χ4v) is 4.81. The molecule has 0 aromatic rings. The lowest BCUT2D eigenvalue weighted by Gasteiger charge is -2.15. The summed E-state index contributed by atoms with van der Waals surface area (Å²) in [4.78, 5) is 34.8. The summed E-state index contributed by atoms with van der Waals surface area (Å²) < 4.78 is 10.5. The van der Waals surface area contributed by atoms with Gasteiger partial charge in [0.2, 0.25) is 5.91 Å². The second kappa shape index (κ2) is 30.3. The van der Waals surface area contributed by atoms with Gasteiger partial charge in [-0.25, -0.2) is 0 Å². The predicted molar refractivity (Wildman–Crippen MR) is 163 cm³/mol. The molecule has 0 unspecified atom stereocenters. The molecule has 7 nitrogen and oxygen atoms in total. The maximum atomic E-state index is 12.0. The molecule has 1 atom stereocenters. The quantitative estimate of drug-likeness (QED) is 0.0672. The van der Waals surface area contributed by atoms with Crippen LogP contribution in [0.15, 0.2) is 0 Å². The summed E-state index contributed by atoms with van der Waals surface area (Å²) >= 11 is 0. The Bertz CT molecular complexity index is 597. The van der Waals surface area contributed by atoms with E-state index in [1.807, 2.05) is 0 Å². The molecular weight excluding hydrogens is 506 g/mol.